The number of anilines is 1. The Hall–Kier alpha value is -1.76. The quantitative estimate of drug-likeness (QED) is 0.492. The van der Waals surface area contributed by atoms with E-state index in [1.165, 1.54) is 13.1 Å². The molecule has 0 fully saturated rings. The van der Waals surface area contributed by atoms with E-state index >= 15 is 0 Å². The van der Waals surface area contributed by atoms with Gasteiger partial charge in [-0.3, -0.25) is 4.79 Å². The number of hydrogen-bond donors (Lipinski definition) is 1. The Balaban J connectivity index is 2.43. The van der Waals surface area contributed by atoms with E-state index in [0.29, 0.717) is 0 Å². The molecule has 0 amide bonds. The molecule has 8 heteroatoms. The molecule has 0 aromatic carbocycles. The lowest BCUT2D eigenvalue weighted by Crippen LogP contribution is -2.29. The summed E-state index contributed by atoms with van der Waals surface area (Å²) in [5.41, 5.74) is 0.941. The molecular weight excluding hydrogens is 343 g/mol. The molecule has 4 nitrogen and oxygen atoms in total. The molecule has 0 aliphatic carbocycles. The number of nitrogens with zero attached hydrogens (tertiary/aromatic N) is 2. The third-order valence-corrected chi connectivity index (χ3v) is 4.25. The average Bonchev–Trinajstić information content (AvgIpc) is 2.82. The van der Waals surface area contributed by atoms with Crippen LogP contribution in [-0.2, 0) is 0 Å². The minimum Gasteiger partial charge on any atom is -0.369 e. The fourth-order valence-electron chi connectivity index (χ4n) is 2.88. The van der Waals surface area contributed by atoms with Gasteiger partial charge >= 0.3 is 6.18 Å². The fraction of sp³-hybridized carbons (Fsp3) is 0.500. The zero-order valence-corrected chi connectivity index (χ0v) is 14.2. The van der Waals surface area contributed by atoms with Crippen LogP contribution in [0, 0.1) is 5.92 Å². The molecule has 1 aliphatic heterocycles. The Bertz CT molecular complexity index is 664. The van der Waals surface area contributed by atoms with Crippen molar-refractivity contribution in [2.75, 3.05) is 17.7 Å². The molecule has 132 valence electrons. The molecule has 24 heavy (non-hydrogen) atoms. The zero-order valence-electron chi connectivity index (χ0n) is 13.4. The minimum atomic E-state index is -4.46. The second kappa shape index (κ2) is 7.42. The summed E-state index contributed by atoms with van der Waals surface area (Å²) in [4.78, 5) is 11.6. The molecule has 0 bridgehead atoms. The lowest BCUT2D eigenvalue weighted by Gasteiger charge is -2.23. The van der Waals surface area contributed by atoms with E-state index in [4.69, 9.17) is 11.6 Å². The number of aromatic nitrogens is 2. The number of carbonyl (C=O) groups excluding carboxylic acids is 1. The predicted molar refractivity (Wildman–Crippen MR) is 87.5 cm³/mol. The van der Waals surface area contributed by atoms with Crippen LogP contribution in [0.25, 0.3) is 0 Å². The van der Waals surface area contributed by atoms with E-state index in [2.05, 4.69) is 10.4 Å². The van der Waals surface area contributed by atoms with Crippen LogP contribution in [0.15, 0.2) is 30.0 Å². The molecule has 1 aromatic rings. The number of nitrogens with one attached hydrogen (secondary N) is 1. The van der Waals surface area contributed by atoms with E-state index in [1.807, 2.05) is 0 Å². The molecule has 2 atom stereocenters. The van der Waals surface area contributed by atoms with Gasteiger partial charge in [-0.15, -0.1) is 11.6 Å². The highest BCUT2D eigenvalue weighted by Gasteiger charge is 2.45. The molecule has 0 radical (unpaired) electrons. The van der Waals surface area contributed by atoms with Gasteiger partial charge in [0.1, 0.15) is 5.82 Å². The summed E-state index contributed by atoms with van der Waals surface area (Å²) in [6.07, 6.45) is 1.79. The predicted octanol–water partition coefficient (Wildman–Crippen LogP) is 4.36. The normalized spacial score (nSPS) is 22.2. The topological polar surface area (TPSA) is 46.9 Å². The Morgan fingerprint density at radius 2 is 2.25 bits per heavy atom. The van der Waals surface area contributed by atoms with Gasteiger partial charge in [0.2, 0.25) is 0 Å². The van der Waals surface area contributed by atoms with Gasteiger partial charge in [0.15, 0.2) is 11.8 Å². The number of carbonyl (C=O) groups is 1. The molecule has 2 unspecified atom stereocenters. The van der Waals surface area contributed by atoms with Crippen molar-refractivity contribution < 1.29 is 18.0 Å². The van der Waals surface area contributed by atoms with Crippen LogP contribution in [0.4, 0.5) is 19.0 Å². The number of rotatable bonds is 4. The van der Waals surface area contributed by atoms with Gasteiger partial charge in [0.05, 0.1) is 11.8 Å². The lowest BCUT2D eigenvalue weighted by molar-refractivity contribution is -0.172. The number of halogens is 4. The SMILES string of the molecule is C/C=C(\C=C/CCl)C1CNc2c(C(C)=O)cnn2C(C(F)(F)F)C1. The first kappa shape index (κ1) is 18.6. The molecule has 1 N–H and O–H groups in total. The van der Waals surface area contributed by atoms with Crippen LogP contribution in [0.5, 0.6) is 0 Å². The summed E-state index contributed by atoms with van der Waals surface area (Å²) in [5, 5.41) is 6.79. The van der Waals surface area contributed by atoms with Crippen LogP contribution < -0.4 is 5.32 Å². The maximum atomic E-state index is 13.6. The second-order valence-electron chi connectivity index (χ2n) is 5.62. The Morgan fingerprint density at radius 3 is 2.79 bits per heavy atom. The molecular formula is C16H19ClF3N3O. The molecule has 1 aromatic heterocycles. The highest BCUT2D eigenvalue weighted by Crippen LogP contribution is 2.41. The van der Waals surface area contributed by atoms with Gasteiger partial charge in [-0.05, 0) is 25.8 Å². The number of fused-ring (bicyclic) bond motifs is 1. The van der Waals surface area contributed by atoms with E-state index in [9.17, 15) is 18.0 Å². The second-order valence-corrected chi connectivity index (χ2v) is 5.93. The van der Waals surface area contributed by atoms with Crippen LogP contribution in [-0.4, -0.2) is 34.2 Å². The summed E-state index contributed by atoms with van der Waals surface area (Å²) in [7, 11) is 0. The summed E-state index contributed by atoms with van der Waals surface area (Å²) < 4.78 is 41.6. The highest BCUT2D eigenvalue weighted by molar-refractivity contribution is 6.18. The van der Waals surface area contributed by atoms with Crippen molar-refractivity contribution in [3.8, 4) is 0 Å². The fourth-order valence-corrected chi connectivity index (χ4v) is 2.97. The van der Waals surface area contributed by atoms with E-state index < -0.39 is 12.2 Å². The molecule has 2 rings (SSSR count). The minimum absolute atomic E-state index is 0.129. The lowest BCUT2D eigenvalue weighted by atomic mass is 9.91. The number of Topliss-reactive ketones (excluding diaryl/α,β-unsaturated/α-hetero) is 1. The molecule has 1 aliphatic rings. The third-order valence-electron chi connectivity index (χ3n) is 4.08. The molecule has 2 heterocycles. The van der Waals surface area contributed by atoms with Gasteiger partial charge in [0, 0.05) is 18.3 Å². The standard InChI is InChI=1S/C16H19ClF3N3O/c1-3-11(5-4-6-17)12-7-14(16(18,19)20)23-15(21-8-12)13(9-22-23)10(2)24/h3-5,9,12,14,21H,6-8H2,1-2H3/b5-4-,11-3+. The van der Waals surface area contributed by atoms with Gasteiger partial charge in [-0.2, -0.15) is 18.3 Å². The van der Waals surface area contributed by atoms with Gasteiger partial charge < -0.3 is 5.32 Å². The van der Waals surface area contributed by atoms with Crippen molar-refractivity contribution in [1.82, 2.24) is 9.78 Å². The zero-order chi connectivity index (χ0) is 17.9. The number of alkyl halides is 4. The maximum Gasteiger partial charge on any atom is 0.410 e. The number of allylic oxidation sites excluding steroid dienone is 3. The Labute approximate surface area is 143 Å². The summed E-state index contributed by atoms with van der Waals surface area (Å²) in [6.45, 7) is 3.37. The van der Waals surface area contributed by atoms with Gasteiger partial charge in [-0.25, -0.2) is 4.68 Å². The van der Waals surface area contributed by atoms with Crippen molar-refractivity contribution >= 4 is 23.2 Å². The molecule has 0 saturated carbocycles. The van der Waals surface area contributed by atoms with Crippen LogP contribution in [0.1, 0.15) is 36.7 Å². The highest BCUT2D eigenvalue weighted by atomic mass is 35.5. The summed E-state index contributed by atoms with van der Waals surface area (Å²) in [6, 6.07) is -1.79. The van der Waals surface area contributed by atoms with Crippen molar-refractivity contribution in [3.05, 3.63) is 35.6 Å². The van der Waals surface area contributed by atoms with Crippen LogP contribution in [0.3, 0.4) is 0 Å². The summed E-state index contributed by atoms with van der Waals surface area (Å²) in [5.74, 6) is -0.279. The van der Waals surface area contributed by atoms with Gasteiger partial charge in [-0.1, -0.05) is 18.2 Å². The average molecular weight is 362 g/mol. The van der Waals surface area contributed by atoms with Crippen molar-refractivity contribution in [2.45, 2.75) is 32.5 Å². The monoisotopic (exact) mass is 361 g/mol. The summed E-state index contributed by atoms with van der Waals surface area (Å²) >= 11 is 5.62. The molecule has 0 saturated heterocycles. The van der Waals surface area contributed by atoms with Crippen molar-refractivity contribution in [1.29, 1.82) is 0 Å². The van der Waals surface area contributed by atoms with E-state index in [1.54, 1.807) is 25.2 Å². The first-order valence-corrected chi connectivity index (χ1v) is 8.10. The van der Waals surface area contributed by atoms with E-state index in [-0.39, 0.29) is 41.9 Å². The van der Waals surface area contributed by atoms with Crippen molar-refractivity contribution in [2.24, 2.45) is 5.92 Å². The third kappa shape index (κ3) is 3.83. The van der Waals surface area contributed by atoms with Gasteiger partial charge in [0.25, 0.3) is 0 Å². The van der Waals surface area contributed by atoms with E-state index in [0.717, 1.165) is 10.3 Å². The van der Waals surface area contributed by atoms with Crippen molar-refractivity contribution in [3.63, 3.8) is 0 Å². The molecule has 0 spiro atoms. The smallest absolute Gasteiger partial charge is 0.369 e. The number of hydrogen-bond acceptors (Lipinski definition) is 3. The number of ketones is 1. The van der Waals surface area contributed by atoms with Crippen LogP contribution in [0.2, 0.25) is 0 Å². The Kier molecular flexibility index (Phi) is 5.74. The Morgan fingerprint density at radius 1 is 1.54 bits per heavy atom. The largest absolute Gasteiger partial charge is 0.410 e. The maximum absolute atomic E-state index is 13.6. The first-order valence-electron chi connectivity index (χ1n) is 7.57. The van der Waals surface area contributed by atoms with Crippen LogP contribution >= 0.6 is 11.6 Å². The first-order chi connectivity index (χ1) is 11.3.